The molecule has 7 aliphatic rings. The summed E-state index contributed by atoms with van der Waals surface area (Å²) in [4.78, 5) is 13.9. The van der Waals surface area contributed by atoms with Crippen LogP contribution in [0.1, 0.15) is 107 Å². The lowest BCUT2D eigenvalue weighted by molar-refractivity contribution is -0.247. The molecule has 3 N–H and O–H groups in total. The zero-order valence-electron chi connectivity index (χ0n) is 28.5. The van der Waals surface area contributed by atoms with E-state index in [0.29, 0.717) is 49.3 Å². The van der Waals surface area contributed by atoms with Crippen molar-refractivity contribution in [3.63, 3.8) is 0 Å². The van der Waals surface area contributed by atoms with Gasteiger partial charge in [-0.15, -0.1) is 0 Å². The van der Waals surface area contributed by atoms with Crippen molar-refractivity contribution in [1.82, 2.24) is 4.90 Å². The molecule has 8 heteroatoms. The number of aliphatic hydroxyl groups excluding tert-OH is 2. The van der Waals surface area contributed by atoms with Gasteiger partial charge in [0.05, 0.1) is 43.2 Å². The first-order valence-electron chi connectivity index (χ1n) is 17.7. The number of fused-ring (bicyclic) bond motifs is 4. The van der Waals surface area contributed by atoms with E-state index in [1.54, 1.807) is 20.8 Å². The molecule has 5 aliphatic carbocycles. The van der Waals surface area contributed by atoms with Crippen molar-refractivity contribution < 1.29 is 34.3 Å². The van der Waals surface area contributed by atoms with Gasteiger partial charge in [0.25, 0.3) is 0 Å². The number of amides is 1. The van der Waals surface area contributed by atoms with E-state index >= 15 is 0 Å². The normalized spacial score (nSPS) is 53.4. The maximum Gasteiger partial charge on any atom is 0.219 e. The minimum atomic E-state index is -1.25. The predicted molar refractivity (Wildman–Crippen MR) is 165 cm³/mol. The Morgan fingerprint density at radius 1 is 1.05 bits per heavy atom. The van der Waals surface area contributed by atoms with E-state index in [2.05, 4.69) is 34.6 Å². The predicted octanol–water partition coefficient (Wildman–Crippen LogP) is 4.52. The Bertz CT molecular complexity index is 1170. The molecule has 8 nitrogen and oxygen atoms in total. The third kappa shape index (κ3) is 4.00. The van der Waals surface area contributed by atoms with Crippen LogP contribution in [0.4, 0.5) is 0 Å². The van der Waals surface area contributed by atoms with Gasteiger partial charge in [0.2, 0.25) is 5.91 Å². The van der Waals surface area contributed by atoms with E-state index < -0.39 is 23.9 Å². The molecule has 2 heterocycles. The molecular formula is C36H59NO7. The van der Waals surface area contributed by atoms with Gasteiger partial charge >= 0.3 is 0 Å². The molecule has 0 aromatic rings. The molecular weight excluding hydrogens is 558 g/mol. The maximum atomic E-state index is 12.4. The first kappa shape index (κ1) is 31.8. The first-order chi connectivity index (χ1) is 20.4. The number of carbonyl (C=O) groups excluding carboxylic acids is 1. The van der Waals surface area contributed by atoms with Crippen LogP contribution in [0.2, 0.25) is 0 Å². The van der Waals surface area contributed by atoms with Gasteiger partial charge in [-0.1, -0.05) is 34.6 Å². The van der Waals surface area contributed by atoms with E-state index in [9.17, 15) is 20.1 Å². The summed E-state index contributed by atoms with van der Waals surface area (Å²) in [5.74, 6) is 1.62. The van der Waals surface area contributed by atoms with E-state index in [0.717, 1.165) is 32.1 Å². The highest BCUT2D eigenvalue weighted by Crippen LogP contribution is 2.89. The number of nitrogens with zero attached hydrogens (tertiary/aromatic N) is 1. The fraction of sp³-hybridized carbons (Fsp3) is 0.972. The van der Waals surface area contributed by atoms with Gasteiger partial charge in [0, 0.05) is 18.9 Å². The smallest absolute Gasteiger partial charge is 0.219 e. The standard InChI is InChI=1S/C36H59NO7/c1-20-17-22(29(39)32(5,6)41)43-28-27(20)33(7)13-14-36-19-35(36)12-11-25(44-26-18-37(21(2)38)15-16-42-26)31(3,4)23(35)9-10-24(36)34(33,8)30(28)40/h20,22-30,39-41H,9-19H2,1-8H3/t20-,22-,23+,24+,25?,26?,27?,28+,29+,30+,33-,34-,35-,36+/m1/s1. The molecule has 14 atom stereocenters. The fourth-order valence-electron chi connectivity index (χ4n) is 13.4. The van der Waals surface area contributed by atoms with Crippen LogP contribution in [0.25, 0.3) is 0 Å². The number of carbonyl (C=O) groups is 1. The molecule has 0 radical (unpaired) electrons. The summed E-state index contributed by atoms with van der Waals surface area (Å²) in [6.45, 7) is 18.5. The van der Waals surface area contributed by atoms with Crippen LogP contribution in [0.15, 0.2) is 0 Å². The number of ether oxygens (including phenoxy) is 3. The lowest BCUT2D eigenvalue weighted by Gasteiger charge is -2.64. The summed E-state index contributed by atoms with van der Waals surface area (Å²) in [7, 11) is 0. The Morgan fingerprint density at radius 2 is 1.73 bits per heavy atom. The Hall–Kier alpha value is -0.770. The Morgan fingerprint density at radius 3 is 2.41 bits per heavy atom. The summed E-state index contributed by atoms with van der Waals surface area (Å²) in [5.41, 5.74) is -1.01. The first-order valence-corrected chi connectivity index (χ1v) is 17.7. The molecule has 2 saturated heterocycles. The summed E-state index contributed by atoms with van der Waals surface area (Å²) in [6.07, 6.45) is 6.10. The SMILES string of the molecule is CC(=O)N1CCOC(OC2CC[C@]34C[C@]35CC[C@]3(C)C6[C@H](C)C[C@H]([C@H](O)C(C)(C)O)O[C@@H]6[C@H](O)[C@@]3(C)[C@@H]5CC[C@H]4C2(C)C)C1. The van der Waals surface area contributed by atoms with Gasteiger partial charge in [-0.05, 0) is 111 Å². The number of hydrogen-bond acceptors (Lipinski definition) is 7. The second-order valence-corrected chi connectivity index (χ2v) is 18.0. The highest BCUT2D eigenvalue weighted by molar-refractivity contribution is 5.73. The largest absolute Gasteiger partial charge is 0.390 e. The lowest BCUT2D eigenvalue weighted by Crippen LogP contribution is -2.60. The number of hydrogen-bond donors (Lipinski definition) is 3. The summed E-state index contributed by atoms with van der Waals surface area (Å²) in [6, 6.07) is 0. The Kier molecular flexibility index (Phi) is 7.14. The summed E-state index contributed by atoms with van der Waals surface area (Å²) in [5, 5.41) is 34.0. The second-order valence-electron chi connectivity index (χ2n) is 18.0. The highest BCUT2D eigenvalue weighted by Gasteiger charge is 2.84. The van der Waals surface area contributed by atoms with Crippen LogP contribution in [-0.2, 0) is 19.0 Å². The van der Waals surface area contributed by atoms with Gasteiger partial charge in [-0.25, -0.2) is 0 Å². The fourth-order valence-corrected chi connectivity index (χ4v) is 13.4. The molecule has 0 aromatic carbocycles. The summed E-state index contributed by atoms with van der Waals surface area (Å²) < 4.78 is 19.4. The number of morpholine rings is 1. The van der Waals surface area contributed by atoms with Gasteiger partial charge in [-0.2, -0.15) is 0 Å². The quantitative estimate of drug-likeness (QED) is 0.426. The van der Waals surface area contributed by atoms with Gasteiger partial charge in [0.15, 0.2) is 6.29 Å². The lowest BCUT2D eigenvalue weighted by atomic mass is 9.41. The molecule has 250 valence electrons. The van der Waals surface area contributed by atoms with Crippen molar-refractivity contribution in [2.45, 2.75) is 149 Å². The van der Waals surface area contributed by atoms with Crippen LogP contribution in [-0.4, -0.2) is 88.2 Å². The minimum absolute atomic E-state index is 0.00337. The van der Waals surface area contributed by atoms with Crippen molar-refractivity contribution in [2.24, 2.45) is 50.7 Å². The van der Waals surface area contributed by atoms with Crippen LogP contribution in [0.3, 0.4) is 0 Å². The topological polar surface area (TPSA) is 109 Å². The molecule has 3 unspecified atom stereocenters. The van der Waals surface area contributed by atoms with E-state index in [-0.39, 0.29) is 52.0 Å². The van der Waals surface area contributed by atoms with Crippen molar-refractivity contribution in [3.8, 4) is 0 Å². The molecule has 0 bridgehead atoms. The third-order valence-corrected chi connectivity index (χ3v) is 15.6. The maximum absolute atomic E-state index is 12.4. The molecule has 7 fully saturated rings. The van der Waals surface area contributed by atoms with Crippen LogP contribution in [0.5, 0.6) is 0 Å². The second kappa shape index (κ2) is 9.88. The van der Waals surface area contributed by atoms with Crippen LogP contribution >= 0.6 is 0 Å². The zero-order chi connectivity index (χ0) is 31.8. The minimum Gasteiger partial charge on any atom is -0.390 e. The molecule has 5 saturated carbocycles. The molecule has 44 heavy (non-hydrogen) atoms. The van der Waals surface area contributed by atoms with E-state index in [1.807, 2.05) is 4.90 Å². The van der Waals surface area contributed by atoms with Gasteiger partial charge in [0.1, 0.15) is 6.10 Å². The molecule has 0 aromatic heterocycles. The van der Waals surface area contributed by atoms with Gasteiger partial charge < -0.3 is 34.4 Å². The molecule has 2 spiro atoms. The van der Waals surface area contributed by atoms with Crippen LogP contribution in [0, 0.1) is 50.7 Å². The zero-order valence-corrected chi connectivity index (χ0v) is 28.5. The van der Waals surface area contributed by atoms with E-state index in [1.165, 1.54) is 12.8 Å². The third-order valence-electron chi connectivity index (χ3n) is 15.6. The number of aliphatic hydroxyl groups is 3. The van der Waals surface area contributed by atoms with E-state index in [4.69, 9.17) is 14.2 Å². The van der Waals surface area contributed by atoms with Crippen molar-refractivity contribution >= 4 is 5.91 Å². The average Bonchev–Trinajstić information content (AvgIpc) is 3.58. The monoisotopic (exact) mass is 617 g/mol. The van der Waals surface area contributed by atoms with Gasteiger partial charge in [-0.3, -0.25) is 4.79 Å². The molecule has 2 aliphatic heterocycles. The van der Waals surface area contributed by atoms with Crippen molar-refractivity contribution in [1.29, 1.82) is 0 Å². The molecule has 1 amide bonds. The molecule has 7 rings (SSSR count). The number of rotatable bonds is 4. The van der Waals surface area contributed by atoms with Crippen LogP contribution < -0.4 is 0 Å². The Balaban J connectivity index is 1.14. The average molecular weight is 618 g/mol. The van der Waals surface area contributed by atoms with Crippen molar-refractivity contribution in [2.75, 3.05) is 19.7 Å². The Labute approximate surface area is 264 Å². The van der Waals surface area contributed by atoms with Crippen molar-refractivity contribution in [3.05, 3.63) is 0 Å². The highest BCUT2D eigenvalue weighted by atomic mass is 16.7. The summed E-state index contributed by atoms with van der Waals surface area (Å²) >= 11 is 0.